The SMILES string of the molecule is SCSC(SCS)C(S)CC(S)C(C(S)CC(S)C(SCS)SCS)C(S)CC(S)C(SCS)SCS. The molecule has 18 heteroatoms. The van der Waals surface area contributed by atoms with Gasteiger partial charge in [0.1, 0.15) is 0 Å². The molecule has 0 saturated heterocycles. The summed E-state index contributed by atoms with van der Waals surface area (Å²) in [6.45, 7) is 0. The normalized spacial score (nSPS) is 18.2. The van der Waals surface area contributed by atoms with Crippen molar-refractivity contribution >= 4 is 222 Å². The van der Waals surface area contributed by atoms with Crippen LogP contribution in [0.5, 0.6) is 0 Å². The van der Waals surface area contributed by atoms with E-state index in [1.54, 1.807) is 70.6 Å². The van der Waals surface area contributed by atoms with E-state index in [9.17, 15) is 0 Å². The van der Waals surface area contributed by atoms with Crippen LogP contribution in [0.2, 0.25) is 0 Å². The van der Waals surface area contributed by atoms with E-state index in [1.165, 1.54) is 0 Å². The van der Waals surface area contributed by atoms with Crippen molar-refractivity contribution in [2.45, 2.75) is 64.5 Å². The van der Waals surface area contributed by atoms with E-state index in [1.807, 2.05) is 0 Å². The Labute approximate surface area is 318 Å². The first-order valence-corrected chi connectivity index (χ1v) is 24.2. The molecule has 0 radical (unpaired) electrons. The Hall–Kier alpha value is 6.30. The van der Waals surface area contributed by atoms with Crippen LogP contribution in [-0.2, 0) is 0 Å². The fourth-order valence-electron chi connectivity index (χ4n) is 3.57. The zero-order chi connectivity index (χ0) is 28.4. The quantitative estimate of drug-likeness (QED) is 0.0344. The Bertz CT molecular complexity index is 442. The molecule has 6 atom stereocenters. The zero-order valence-electron chi connectivity index (χ0n) is 20.0. The minimum Gasteiger partial charge on any atom is -0.176 e. The highest BCUT2D eigenvalue weighted by molar-refractivity contribution is 8.25. The van der Waals surface area contributed by atoms with Gasteiger partial charge in [0.25, 0.3) is 0 Å². The maximum atomic E-state index is 5.16. The molecule has 0 amide bonds. The first kappa shape index (κ1) is 43.3. The van der Waals surface area contributed by atoms with Gasteiger partial charge in [0, 0.05) is 62.0 Å². The van der Waals surface area contributed by atoms with Crippen LogP contribution in [0.4, 0.5) is 0 Å². The Balaban J connectivity index is 5.77. The van der Waals surface area contributed by atoms with Crippen molar-refractivity contribution in [1.29, 1.82) is 0 Å². The van der Waals surface area contributed by atoms with Crippen molar-refractivity contribution in [3.8, 4) is 0 Å². The molecule has 0 saturated carbocycles. The van der Waals surface area contributed by atoms with Gasteiger partial charge < -0.3 is 0 Å². The highest BCUT2D eigenvalue weighted by Gasteiger charge is 2.37. The first-order valence-electron chi connectivity index (χ1n) is 11.0. The summed E-state index contributed by atoms with van der Waals surface area (Å²) in [6.07, 6.45) is 2.52. The van der Waals surface area contributed by atoms with Crippen LogP contribution >= 0.6 is 222 Å². The molecular weight excluding hydrogens is 805 g/mol. The molecule has 224 valence electrons. The maximum absolute atomic E-state index is 5.16. The highest BCUT2D eigenvalue weighted by atomic mass is 32.2. The number of thioether (sulfide) groups is 6. The predicted octanol–water partition coefficient (Wildman–Crippen LogP) is 9.26. The Morgan fingerprint density at radius 3 is 0.676 bits per heavy atom. The summed E-state index contributed by atoms with van der Waals surface area (Å²) >= 11 is 67.8. The molecule has 0 aromatic heterocycles. The largest absolute Gasteiger partial charge is 0.176 e. The lowest BCUT2D eigenvalue weighted by Gasteiger charge is -2.38. The van der Waals surface area contributed by atoms with Crippen molar-refractivity contribution in [2.75, 3.05) is 30.5 Å². The summed E-state index contributed by atoms with van der Waals surface area (Å²) in [7, 11) is 0. The Kier molecular flexibility index (Phi) is 32.1. The van der Waals surface area contributed by atoms with Crippen LogP contribution in [0, 0.1) is 5.92 Å². The third-order valence-corrected chi connectivity index (χ3v) is 19.5. The second kappa shape index (κ2) is 27.4. The van der Waals surface area contributed by atoms with Gasteiger partial charge in [-0.2, -0.15) is 152 Å². The second-order valence-corrected chi connectivity index (χ2v) is 23.7. The molecule has 0 aromatic rings. The van der Waals surface area contributed by atoms with Crippen molar-refractivity contribution < 1.29 is 0 Å². The molecule has 0 aliphatic carbocycles. The molecule has 0 bridgehead atoms. The molecule has 0 aromatic carbocycles. The summed E-state index contributed by atoms with van der Waals surface area (Å²) in [6, 6.07) is 0. The second-order valence-electron chi connectivity index (χ2n) is 7.57. The lowest BCUT2D eigenvalue weighted by atomic mass is 9.89. The molecule has 0 N–H and O–H groups in total. The predicted molar refractivity (Wildman–Crippen MR) is 234 cm³/mol. The first-order chi connectivity index (χ1) is 17.6. The van der Waals surface area contributed by atoms with E-state index in [0.717, 1.165) is 49.8 Å². The minimum absolute atomic E-state index is 0.0686. The van der Waals surface area contributed by atoms with Gasteiger partial charge >= 0.3 is 0 Å². The Morgan fingerprint density at radius 2 is 0.514 bits per heavy atom. The standard InChI is InChI=1S/C19H40S18/c20-4-32-17(33-5-21)13(29)1-10(26)16(11(27)2-14(30)18(34-6-22)35-7-23)12(28)3-15(31)19(36-8-24)37-9-25/h10-31H,1-9H2. The van der Waals surface area contributed by atoms with Crippen LogP contribution in [0.1, 0.15) is 19.3 Å². The fourth-order valence-corrected chi connectivity index (χ4v) is 18.6. The van der Waals surface area contributed by atoms with Crippen molar-refractivity contribution in [2.24, 2.45) is 5.92 Å². The van der Waals surface area contributed by atoms with E-state index >= 15 is 0 Å². The molecule has 0 heterocycles. The lowest BCUT2D eigenvalue weighted by Crippen LogP contribution is -2.39. The fraction of sp³-hybridized carbons (Fsp3) is 1.00. The van der Waals surface area contributed by atoms with Gasteiger partial charge in [-0.15, -0.1) is 70.6 Å². The smallest absolute Gasteiger partial charge is 0.0635 e. The minimum atomic E-state index is 0.0686. The average molecular weight is 846 g/mol. The van der Waals surface area contributed by atoms with Gasteiger partial charge in [-0.1, -0.05) is 0 Å². The number of hydrogen-bond acceptors (Lipinski definition) is 18. The van der Waals surface area contributed by atoms with Crippen LogP contribution in [0.3, 0.4) is 0 Å². The lowest BCUT2D eigenvalue weighted by molar-refractivity contribution is 0.425. The van der Waals surface area contributed by atoms with Gasteiger partial charge in [-0.05, 0) is 25.2 Å². The number of thiol groups is 12. The van der Waals surface area contributed by atoms with Gasteiger partial charge in [0.05, 0.1) is 13.7 Å². The van der Waals surface area contributed by atoms with Gasteiger partial charge in [-0.3, -0.25) is 0 Å². The van der Waals surface area contributed by atoms with E-state index < -0.39 is 0 Å². The molecule has 0 fully saturated rings. The summed E-state index contributed by atoms with van der Waals surface area (Å²) in [5.74, 6) is 0.141. The summed E-state index contributed by atoms with van der Waals surface area (Å²) in [5, 5.41) is 5.14. The van der Waals surface area contributed by atoms with Crippen LogP contribution in [-0.4, -0.2) is 75.8 Å². The number of hydrogen-bond donors (Lipinski definition) is 12. The molecule has 0 aliphatic rings. The average Bonchev–Trinajstić information content (AvgIpc) is 2.83. The van der Waals surface area contributed by atoms with Crippen LogP contribution < -0.4 is 0 Å². The van der Waals surface area contributed by atoms with E-state index in [2.05, 4.69) is 75.8 Å². The summed E-state index contributed by atoms with van der Waals surface area (Å²) in [4.78, 5) is 0. The molecular formula is C19H40S18. The Morgan fingerprint density at radius 1 is 0.324 bits per heavy atom. The van der Waals surface area contributed by atoms with Crippen LogP contribution in [0.15, 0.2) is 0 Å². The zero-order valence-corrected chi connectivity index (χ0v) is 35.6. The molecule has 0 rings (SSSR count). The summed E-state index contributed by atoms with van der Waals surface area (Å²) in [5.41, 5.74) is 0. The van der Waals surface area contributed by atoms with Crippen molar-refractivity contribution in [3.63, 3.8) is 0 Å². The van der Waals surface area contributed by atoms with E-state index in [0.29, 0.717) is 13.7 Å². The van der Waals surface area contributed by atoms with Gasteiger partial charge in [0.15, 0.2) is 0 Å². The van der Waals surface area contributed by atoms with Crippen LogP contribution in [0.25, 0.3) is 0 Å². The maximum Gasteiger partial charge on any atom is 0.0635 e. The highest BCUT2D eigenvalue weighted by Crippen LogP contribution is 2.42. The molecule has 0 nitrogen and oxygen atoms in total. The summed E-state index contributed by atoms with van der Waals surface area (Å²) < 4.78 is 0.893. The van der Waals surface area contributed by atoms with Crippen molar-refractivity contribution in [1.82, 2.24) is 0 Å². The third-order valence-electron chi connectivity index (χ3n) is 5.16. The molecule has 0 spiro atoms. The topological polar surface area (TPSA) is 0 Å². The molecule has 0 aliphatic heterocycles. The molecule has 37 heavy (non-hydrogen) atoms. The van der Waals surface area contributed by atoms with Gasteiger partial charge in [0.2, 0.25) is 0 Å². The van der Waals surface area contributed by atoms with Crippen molar-refractivity contribution in [3.05, 3.63) is 0 Å². The van der Waals surface area contributed by atoms with E-state index in [4.69, 9.17) is 75.8 Å². The monoisotopic (exact) mass is 844 g/mol. The van der Waals surface area contributed by atoms with E-state index in [-0.39, 0.29) is 37.4 Å². The third kappa shape index (κ3) is 18.9. The van der Waals surface area contributed by atoms with Gasteiger partial charge in [-0.25, -0.2) is 0 Å². The molecule has 6 unspecified atom stereocenters. The number of rotatable bonds is 24.